The third kappa shape index (κ3) is 8.61. The molecule has 0 radical (unpaired) electrons. The van der Waals surface area contributed by atoms with Crippen molar-refractivity contribution in [2.45, 2.75) is 45.0 Å². The van der Waals surface area contributed by atoms with Crippen LogP contribution in [-0.2, 0) is 19.1 Å². The summed E-state index contributed by atoms with van der Waals surface area (Å²) >= 11 is 0.994. The first-order chi connectivity index (χ1) is 8.90. The first kappa shape index (κ1) is 17.9. The van der Waals surface area contributed by atoms with E-state index in [-0.39, 0.29) is 29.3 Å². The van der Waals surface area contributed by atoms with E-state index in [1.165, 1.54) is 0 Å². The second kappa shape index (κ2) is 9.80. The average molecular weight is 291 g/mol. The zero-order valence-electron chi connectivity index (χ0n) is 11.5. The molecule has 2 atom stereocenters. The summed E-state index contributed by atoms with van der Waals surface area (Å²) in [4.78, 5) is 33.7. The Labute approximate surface area is 117 Å². The van der Waals surface area contributed by atoms with Gasteiger partial charge in [0.05, 0.1) is 13.0 Å². The normalized spacial score (nSPS) is 13.5. The van der Waals surface area contributed by atoms with Crippen molar-refractivity contribution in [3.8, 4) is 0 Å². The van der Waals surface area contributed by atoms with E-state index in [4.69, 9.17) is 0 Å². The molecular weight excluding hydrogens is 270 g/mol. The summed E-state index contributed by atoms with van der Waals surface area (Å²) in [5.74, 6) is -0.866. The molecule has 0 saturated heterocycles. The van der Waals surface area contributed by atoms with Crippen molar-refractivity contribution < 1.29 is 24.2 Å². The van der Waals surface area contributed by atoms with Crippen LogP contribution < -0.4 is 5.32 Å². The number of aliphatic hydroxyl groups is 1. The number of esters is 1. The molecule has 0 aromatic rings. The topological polar surface area (TPSA) is 92.7 Å². The molecule has 0 aliphatic carbocycles. The van der Waals surface area contributed by atoms with Gasteiger partial charge in [0.25, 0.3) is 0 Å². The molecular formula is C12H21NO5S. The molecule has 110 valence electrons. The van der Waals surface area contributed by atoms with Crippen LogP contribution >= 0.6 is 11.8 Å². The van der Waals surface area contributed by atoms with Crippen LogP contribution in [0, 0.1) is 0 Å². The predicted molar refractivity (Wildman–Crippen MR) is 72.6 cm³/mol. The first-order valence-corrected chi connectivity index (χ1v) is 7.09. The lowest BCUT2D eigenvalue weighted by atomic mass is 10.3. The highest BCUT2D eigenvalue weighted by molar-refractivity contribution is 8.14. The Balaban J connectivity index is 3.96. The quantitative estimate of drug-likeness (QED) is 0.632. The molecule has 0 aromatic heterocycles. The van der Waals surface area contributed by atoms with E-state index in [0.717, 1.165) is 11.8 Å². The molecule has 7 heteroatoms. The number of rotatable bonds is 8. The molecule has 6 nitrogen and oxygen atoms in total. The predicted octanol–water partition coefficient (Wildman–Crippen LogP) is 0.475. The van der Waals surface area contributed by atoms with Gasteiger partial charge in [-0.15, -0.1) is 0 Å². The van der Waals surface area contributed by atoms with Crippen molar-refractivity contribution in [2.75, 3.05) is 13.2 Å². The average Bonchev–Trinajstić information content (AvgIpc) is 2.35. The standard InChI is InChI=1S/C12H21NO5S/c1-4-10(15)13-7-8(3)19-11(16)6-9(14)12(17)18-5-2/h8-9,14H,4-7H2,1-3H3,(H,13,15). The van der Waals surface area contributed by atoms with Gasteiger partial charge in [-0.25, -0.2) is 4.79 Å². The SMILES string of the molecule is CCOC(=O)C(O)CC(=O)SC(C)CNC(=O)CC. The molecule has 0 heterocycles. The maximum absolute atomic E-state index is 11.6. The van der Waals surface area contributed by atoms with E-state index >= 15 is 0 Å². The number of carbonyl (C=O) groups is 3. The smallest absolute Gasteiger partial charge is 0.335 e. The molecule has 0 aromatic carbocycles. The Hall–Kier alpha value is -1.08. The molecule has 0 spiro atoms. The number of nitrogens with one attached hydrogen (secondary N) is 1. The van der Waals surface area contributed by atoms with Crippen LogP contribution in [0.3, 0.4) is 0 Å². The van der Waals surface area contributed by atoms with Gasteiger partial charge in [0.1, 0.15) is 0 Å². The Bertz CT molecular complexity index is 321. The van der Waals surface area contributed by atoms with Gasteiger partial charge in [0.15, 0.2) is 11.2 Å². The van der Waals surface area contributed by atoms with Crippen LogP contribution in [0.1, 0.15) is 33.6 Å². The highest BCUT2D eigenvalue weighted by Gasteiger charge is 2.21. The summed E-state index contributed by atoms with van der Waals surface area (Å²) in [6.45, 7) is 5.69. The lowest BCUT2D eigenvalue weighted by molar-refractivity contribution is -0.154. The molecule has 0 aliphatic heterocycles. The Kier molecular flexibility index (Phi) is 9.24. The van der Waals surface area contributed by atoms with E-state index in [1.807, 2.05) is 0 Å². The molecule has 2 N–H and O–H groups in total. The van der Waals surface area contributed by atoms with Gasteiger partial charge in [0.2, 0.25) is 5.91 Å². The minimum absolute atomic E-state index is 0.0774. The van der Waals surface area contributed by atoms with E-state index in [2.05, 4.69) is 10.1 Å². The van der Waals surface area contributed by atoms with Gasteiger partial charge in [0, 0.05) is 18.2 Å². The highest BCUT2D eigenvalue weighted by Crippen LogP contribution is 2.14. The molecule has 0 bridgehead atoms. The Morgan fingerprint density at radius 1 is 1.32 bits per heavy atom. The zero-order valence-corrected chi connectivity index (χ0v) is 12.3. The summed E-state index contributed by atoms with van der Waals surface area (Å²) in [7, 11) is 0. The van der Waals surface area contributed by atoms with Gasteiger partial charge >= 0.3 is 5.97 Å². The summed E-state index contributed by atoms with van der Waals surface area (Å²) in [5, 5.41) is 11.7. The minimum atomic E-state index is -1.42. The monoisotopic (exact) mass is 291 g/mol. The maximum atomic E-state index is 11.6. The number of ether oxygens (including phenoxy) is 1. The van der Waals surface area contributed by atoms with Crippen molar-refractivity contribution in [1.82, 2.24) is 5.32 Å². The van der Waals surface area contributed by atoms with Crippen LogP contribution in [0.5, 0.6) is 0 Å². The molecule has 2 unspecified atom stereocenters. The van der Waals surface area contributed by atoms with Gasteiger partial charge < -0.3 is 15.2 Å². The van der Waals surface area contributed by atoms with E-state index < -0.39 is 12.1 Å². The van der Waals surface area contributed by atoms with E-state index in [9.17, 15) is 19.5 Å². The summed E-state index contributed by atoms with van der Waals surface area (Å²) < 4.78 is 4.60. The van der Waals surface area contributed by atoms with Crippen LogP contribution in [-0.4, -0.2) is 46.6 Å². The number of hydrogen-bond acceptors (Lipinski definition) is 6. The molecule has 0 rings (SSSR count). The molecule has 1 amide bonds. The summed E-state index contributed by atoms with van der Waals surface area (Å²) in [6, 6.07) is 0. The highest BCUT2D eigenvalue weighted by atomic mass is 32.2. The van der Waals surface area contributed by atoms with Crippen molar-refractivity contribution in [2.24, 2.45) is 0 Å². The van der Waals surface area contributed by atoms with E-state index in [1.54, 1.807) is 20.8 Å². The zero-order chi connectivity index (χ0) is 14.8. The summed E-state index contributed by atoms with van der Waals surface area (Å²) in [6.07, 6.45) is -1.31. The molecule has 19 heavy (non-hydrogen) atoms. The minimum Gasteiger partial charge on any atom is -0.464 e. The third-order valence-electron chi connectivity index (χ3n) is 2.16. The lowest BCUT2D eigenvalue weighted by Crippen LogP contribution is -2.30. The number of hydrogen-bond donors (Lipinski definition) is 2. The largest absolute Gasteiger partial charge is 0.464 e. The fraction of sp³-hybridized carbons (Fsp3) is 0.750. The first-order valence-electron chi connectivity index (χ1n) is 6.21. The fourth-order valence-electron chi connectivity index (χ4n) is 1.18. The second-order valence-electron chi connectivity index (χ2n) is 3.93. The summed E-state index contributed by atoms with van der Waals surface area (Å²) in [5.41, 5.74) is 0. The van der Waals surface area contributed by atoms with Gasteiger partial charge in [-0.05, 0) is 6.92 Å². The lowest BCUT2D eigenvalue weighted by Gasteiger charge is -2.12. The van der Waals surface area contributed by atoms with Crippen molar-refractivity contribution in [1.29, 1.82) is 0 Å². The Morgan fingerprint density at radius 3 is 2.47 bits per heavy atom. The van der Waals surface area contributed by atoms with Crippen LogP contribution in [0.25, 0.3) is 0 Å². The van der Waals surface area contributed by atoms with Gasteiger partial charge in [-0.2, -0.15) is 0 Å². The maximum Gasteiger partial charge on any atom is 0.335 e. The van der Waals surface area contributed by atoms with Crippen LogP contribution in [0.4, 0.5) is 0 Å². The van der Waals surface area contributed by atoms with Crippen molar-refractivity contribution >= 4 is 28.8 Å². The second-order valence-corrected chi connectivity index (χ2v) is 5.43. The van der Waals surface area contributed by atoms with Gasteiger partial charge in [-0.3, -0.25) is 9.59 Å². The van der Waals surface area contributed by atoms with E-state index in [0.29, 0.717) is 13.0 Å². The number of amides is 1. The fourth-order valence-corrected chi connectivity index (χ4v) is 2.05. The van der Waals surface area contributed by atoms with Crippen molar-refractivity contribution in [3.05, 3.63) is 0 Å². The van der Waals surface area contributed by atoms with Crippen LogP contribution in [0.15, 0.2) is 0 Å². The third-order valence-corrected chi connectivity index (χ3v) is 3.16. The molecule has 0 aliphatic rings. The molecule has 0 fully saturated rings. The van der Waals surface area contributed by atoms with Crippen molar-refractivity contribution in [3.63, 3.8) is 0 Å². The number of carbonyl (C=O) groups excluding carboxylic acids is 3. The Morgan fingerprint density at radius 2 is 1.95 bits per heavy atom. The molecule has 0 saturated carbocycles. The number of thioether (sulfide) groups is 1. The van der Waals surface area contributed by atoms with Crippen LogP contribution in [0.2, 0.25) is 0 Å². The number of aliphatic hydroxyl groups excluding tert-OH is 1. The van der Waals surface area contributed by atoms with Gasteiger partial charge in [-0.1, -0.05) is 25.6 Å².